The number of aliphatic hydroxyl groups is 1. The average molecular weight is 389 g/mol. The van der Waals surface area contributed by atoms with E-state index in [0.717, 1.165) is 19.5 Å². The summed E-state index contributed by atoms with van der Waals surface area (Å²) in [6, 6.07) is 14.0. The van der Waals surface area contributed by atoms with Gasteiger partial charge in [-0.05, 0) is 29.7 Å². The number of aliphatic hydroxyl groups excluding tert-OH is 1. The zero-order valence-corrected chi connectivity index (χ0v) is 15.7. The van der Waals surface area contributed by atoms with Gasteiger partial charge in [0, 0.05) is 26.2 Å². The summed E-state index contributed by atoms with van der Waals surface area (Å²) in [5.41, 5.74) is 2.55. The normalized spacial score (nSPS) is 15.8. The van der Waals surface area contributed by atoms with Gasteiger partial charge in [0.05, 0.1) is 16.6 Å². The molecule has 0 spiro atoms. The lowest BCUT2D eigenvalue weighted by atomic mass is 10.00. The Hall–Kier alpha value is -2.26. The van der Waals surface area contributed by atoms with E-state index in [4.69, 9.17) is 5.14 Å². The quantitative estimate of drug-likeness (QED) is 0.665. The van der Waals surface area contributed by atoms with Crippen LogP contribution in [0.25, 0.3) is 0 Å². The van der Waals surface area contributed by atoms with E-state index in [1.165, 1.54) is 29.3 Å². The molecule has 1 aliphatic rings. The highest BCUT2D eigenvalue weighted by Crippen LogP contribution is 2.18. The summed E-state index contributed by atoms with van der Waals surface area (Å²) < 4.78 is 23.2. The number of sulfonamides is 1. The molecule has 0 saturated carbocycles. The van der Waals surface area contributed by atoms with Crippen molar-refractivity contribution in [3.05, 3.63) is 65.2 Å². The van der Waals surface area contributed by atoms with Crippen LogP contribution in [-0.2, 0) is 23.0 Å². The highest BCUT2D eigenvalue weighted by molar-refractivity contribution is 7.89. The maximum atomic E-state index is 12.3. The van der Waals surface area contributed by atoms with Gasteiger partial charge in [0.25, 0.3) is 5.91 Å². The number of hydrogen-bond acceptors (Lipinski definition) is 5. The van der Waals surface area contributed by atoms with E-state index < -0.39 is 22.0 Å². The minimum absolute atomic E-state index is 0.0237. The van der Waals surface area contributed by atoms with Crippen LogP contribution in [0.15, 0.2) is 53.4 Å². The molecular formula is C19H23N3O4S. The van der Waals surface area contributed by atoms with Gasteiger partial charge < -0.3 is 10.4 Å². The number of fused-ring (bicyclic) bond motifs is 1. The third kappa shape index (κ3) is 4.92. The van der Waals surface area contributed by atoms with E-state index in [-0.39, 0.29) is 17.0 Å². The maximum absolute atomic E-state index is 12.3. The smallest absolute Gasteiger partial charge is 0.252 e. The number of nitrogens with two attached hydrogens (primary N) is 1. The molecule has 0 aromatic heterocycles. The summed E-state index contributed by atoms with van der Waals surface area (Å²) in [5, 5.41) is 18.0. The van der Waals surface area contributed by atoms with Gasteiger partial charge in [0.15, 0.2) is 0 Å². The van der Waals surface area contributed by atoms with E-state index in [9.17, 15) is 18.3 Å². The molecule has 2 aromatic rings. The SMILES string of the molecule is NS(=O)(=O)c1ccccc1C(=O)NCC(O)CN1CCc2ccccc2C1. The summed E-state index contributed by atoms with van der Waals surface area (Å²) >= 11 is 0. The fourth-order valence-corrected chi connectivity index (χ4v) is 4.02. The Morgan fingerprint density at radius 3 is 2.56 bits per heavy atom. The molecule has 2 aromatic carbocycles. The average Bonchev–Trinajstić information content (AvgIpc) is 2.65. The van der Waals surface area contributed by atoms with Gasteiger partial charge in [-0.1, -0.05) is 36.4 Å². The second kappa shape index (κ2) is 8.18. The summed E-state index contributed by atoms with van der Waals surface area (Å²) in [6.07, 6.45) is 0.164. The lowest BCUT2D eigenvalue weighted by Gasteiger charge is -2.30. The van der Waals surface area contributed by atoms with Gasteiger partial charge in [-0.15, -0.1) is 0 Å². The molecule has 0 saturated heterocycles. The molecule has 1 atom stereocenters. The van der Waals surface area contributed by atoms with Crippen LogP contribution >= 0.6 is 0 Å². The molecule has 0 fully saturated rings. The number of benzene rings is 2. The van der Waals surface area contributed by atoms with Gasteiger partial charge in [0.1, 0.15) is 0 Å². The first-order valence-corrected chi connectivity index (χ1v) is 10.3. The molecule has 27 heavy (non-hydrogen) atoms. The van der Waals surface area contributed by atoms with E-state index in [1.54, 1.807) is 6.07 Å². The number of carbonyl (C=O) groups is 1. The van der Waals surface area contributed by atoms with Crippen molar-refractivity contribution in [1.29, 1.82) is 0 Å². The zero-order valence-electron chi connectivity index (χ0n) is 14.8. The number of primary sulfonamides is 1. The predicted octanol–water partition coefficient (Wildman–Crippen LogP) is 0.483. The van der Waals surface area contributed by atoms with Crippen LogP contribution in [0.1, 0.15) is 21.5 Å². The molecule has 144 valence electrons. The summed E-state index contributed by atoms with van der Waals surface area (Å²) in [7, 11) is -4.00. The van der Waals surface area contributed by atoms with E-state index in [0.29, 0.717) is 6.54 Å². The van der Waals surface area contributed by atoms with Crippen molar-refractivity contribution in [3.63, 3.8) is 0 Å². The number of nitrogens with one attached hydrogen (secondary N) is 1. The minimum Gasteiger partial charge on any atom is -0.390 e. The monoisotopic (exact) mass is 389 g/mol. The summed E-state index contributed by atoms with van der Waals surface area (Å²) in [5.74, 6) is -0.581. The third-order valence-corrected chi connectivity index (χ3v) is 5.58. The van der Waals surface area contributed by atoms with Crippen molar-refractivity contribution in [3.8, 4) is 0 Å². The van der Waals surface area contributed by atoms with Gasteiger partial charge in [-0.2, -0.15) is 0 Å². The van der Waals surface area contributed by atoms with Crippen LogP contribution in [0.3, 0.4) is 0 Å². The van der Waals surface area contributed by atoms with Crippen molar-refractivity contribution >= 4 is 15.9 Å². The zero-order chi connectivity index (χ0) is 19.4. The number of carbonyl (C=O) groups excluding carboxylic acids is 1. The van der Waals surface area contributed by atoms with Crippen molar-refractivity contribution < 1.29 is 18.3 Å². The molecule has 0 aliphatic carbocycles. The Bertz CT molecular complexity index is 930. The Kier molecular flexibility index (Phi) is 5.91. The van der Waals surface area contributed by atoms with E-state index in [1.807, 2.05) is 12.1 Å². The first-order valence-electron chi connectivity index (χ1n) is 8.72. The van der Waals surface area contributed by atoms with Crippen LogP contribution in [0.5, 0.6) is 0 Å². The highest BCUT2D eigenvalue weighted by atomic mass is 32.2. The minimum atomic E-state index is -4.00. The predicted molar refractivity (Wildman–Crippen MR) is 102 cm³/mol. The summed E-state index contributed by atoms with van der Waals surface area (Å²) in [4.78, 5) is 14.2. The Morgan fingerprint density at radius 2 is 1.81 bits per heavy atom. The van der Waals surface area contributed by atoms with Crippen LogP contribution in [0.2, 0.25) is 0 Å². The fourth-order valence-electron chi connectivity index (χ4n) is 3.28. The molecule has 0 radical (unpaired) electrons. The number of nitrogens with zero attached hydrogens (tertiary/aromatic N) is 1. The fraction of sp³-hybridized carbons (Fsp3) is 0.316. The number of amides is 1. The topological polar surface area (TPSA) is 113 Å². The highest BCUT2D eigenvalue weighted by Gasteiger charge is 2.21. The Labute approximate surface area is 158 Å². The Balaban J connectivity index is 1.56. The lowest BCUT2D eigenvalue weighted by molar-refractivity contribution is 0.0839. The maximum Gasteiger partial charge on any atom is 0.252 e. The molecule has 8 heteroatoms. The third-order valence-electron chi connectivity index (χ3n) is 4.62. The second-order valence-electron chi connectivity index (χ2n) is 6.66. The van der Waals surface area contributed by atoms with Gasteiger partial charge in [0.2, 0.25) is 10.0 Å². The number of rotatable bonds is 6. The largest absolute Gasteiger partial charge is 0.390 e. The molecule has 1 heterocycles. The van der Waals surface area contributed by atoms with Crippen molar-refractivity contribution in [2.45, 2.75) is 24.0 Å². The van der Waals surface area contributed by atoms with Crippen molar-refractivity contribution in [2.75, 3.05) is 19.6 Å². The van der Waals surface area contributed by atoms with Crippen LogP contribution in [0, 0.1) is 0 Å². The molecule has 4 N–H and O–H groups in total. The van der Waals surface area contributed by atoms with Gasteiger partial charge in [-0.25, -0.2) is 13.6 Å². The number of hydrogen-bond donors (Lipinski definition) is 3. The lowest BCUT2D eigenvalue weighted by Crippen LogP contribution is -2.42. The van der Waals surface area contributed by atoms with Crippen LogP contribution < -0.4 is 10.5 Å². The van der Waals surface area contributed by atoms with Crippen LogP contribution in [-0.4, -0.2) is 50.1 Å². The van der Waals surface area contributed by atoms with Gasteiger partial charge in [-0.3, -0.25) is 9.69 Å². The second-order valence-corrected chi connectivity index (χ2v) is 8.19. The molecule has 7 nitrogen and oxygen atoms in total. The van der Waals surface area contributed by atoms with E-state index in [2.05, 4.69) is 22.3 Å². The number of β-amino-alcohol motifs (C(OH)–C–C–N with tert-alkyl or cyclic N) is 1. The van der Waals surface area contributed by atoms with Gasteiger partial charge >= 0.3 is 0 Å². The first kappa shape index (κ1) is 19.5. The van der Waals surface area contributed by atoms with Crippen molar-refractivity contribution in [2.24, 2.45) is 5.14 Å². The molecule has 1 aliphatic heterocycles. The molecule has 0 bridgehead atoms. The Morgan fingerprint density at radius 1 is 1.15 bits per heavy atom. The molecular weight excluding hydrogens is 366 g/mol. The van der Waals surface area contributed by atoms with Crippen LogP contribution in [0.4, 0.5) is 0 Å². The van der Waals surface area contributed by atoms with E-state index >= 15 is 0 Å². The molecule has 1 amide bonds. The summed E-state index contributed by atoms with van der Waals surface area (Å²) in [6.45, 7) is 2.05. The first-order chi connectivity index (χ1) is 12.8. The van der Waals surface area contributed by atoms with Crippen molar-refractivity contribution in [1.82, 2.24) is 10.2 Å². The molecule has 1 unspecified atom stereocenters. The standard InChI is InChI=1S/C19H23N3O4S/c20-27(25,26)18-8-4-3-7-17(18)19(24)21-11-16(23)13-22-10-9-14-5-1-2-6-15(14)12-22/h1-8,16,23H,9-13H2,(H,21,24)(H2,20,25,26). The molecule has 3 rings (SSSR count).